The highest BCUT2D eigenvalue weighted by molar-refractivity contribution is 7.18. The van der Waals surface area contributed by atoms with E-state index in [1.54, 1.807) is 11.3 Å². The van der Waals surface area contributed by atoms with Crippen LogP contribution in [0.25, 0.3) is 10.2 Å². The normalized spacial score (nSPS) is 17.1. The van der Waals surface area contributed by atoms with Gasteiger partial charge in [-0.25, -0.2) is 9.97 Å². The first-order valence-electron chi connectivity index (χ1n) is 6.74. The van der Waals surface area contributed by atoms with Crippen LogP contribution in [-0.2, 0) is 0 Å². The van der Waals surface area contributed by atoms with E-state index in [-0.39, 0.29) is 0 Å². The van der Waals surface area contributed by atoms with Gasteiger partial charge in [-0.15, -0.1) is 11.3 Å². The summed E-state index contributed by atoms with van der Waals surface area (Å²) in [7, 11) is 0. The van der Waals surface area contributed by atoms with Crippen molar-refractivity contribution in [3.8, 4) is 0 Å². The van der Waals surface area contributed by atoms with Crippen LogP contribution in [0.3, 0.4) is 0 Å². The van der Waals surface area contributed by atoms with E-state index in [0.29, 0.717) is 0 Å². The zero-order chi connectivity index (χ0) is 12.5. The van der Waals surface area contributed by atoms with Crippen LogP contribution >= 0.6 is 11.3 Å². The maximum absolute atomic E-state index is 4.70. The molecule has 1 saturated heterocycles. The van der Waals surface area contributed by atoms with Crippen LogP contribution in [0.15, 0.2) is 6.07 Å². The van der Waals surface area contributed by atoms with E-state index in [4.69, 9.17) is 4.98 Å². The highest BCUT2D eigenvalue weighted by Gasteiger charge is 2.16. The van der Waals surface area contributed by atoms with Gasteiger partial charge in [0.25, 0.3) is 0 Å². The van der Waals surface area contributed by atoms with E-state index in [1.807, 2.05) is 6.92 Å². The van der Waals surface area contributed by atoms with Gasteiger partial charge in [0.2, 0.25) is 0 Å². The molecule has 0 spiro atoms. The van der Waals surface area contributed by atoms with Gasteiger partial charge in [-0.2, -0.15) is 0 Å². The molecule has 0 N–H and O–H groups in total. The maximum atomic E-state index is 4.70. The van der Waals surface area contributed by atoms with Crippen LogP contribution in [0, 0.1) is 13.8 Å². The summed E-state index contributed by atoms with van der Waals surface area (Å²) in [6, 6.07) is 2.24. The van der Waals surface area contributed by atoms with Crippen LogP contribution in [-0.4, -0.2) is 23.1 Å². The highest BCUT2D eigenvalue weighted by atomic mass is 32.1. The van der Waals surface area contributed by atoms with Crippen molar-refractivity contribution in [1.29, 1.82) is 0 Å². The molecule has 3 heterocycles. The van der Waals surface area contributed by atoms with E-state index in [1.165, 1.54) is 35.9 Å². The third-order valence-corrected chi connectivity index (χ3v) is 4.46. The summed E-state index contributed by atoms with van der Waals surface area (Å²) in [6.07, 6.45) is 5.28. The monoisotopic (exact) mass is 261 g/mol. The average Bonchev–Trinajstić information content (AvgIpc) is 2.56. The van der Waals surface area contributed by atoms with Crippen molar-refractivity contribution in [3.63, 3.8) is 0 Å². The molecule has 0 amide bonds. The Bertz CT molecular complexity index is 553. The lowest BCUT2D eigenvalue weighted by Gasteiger charge is -2.22. The fourth-order valence-electron chi connectivity index (χ4n) is 2.65. The van der Waals surface area contributed by atoms with Gasteiger partial charge in [-0.05, 0) is 32.8 Å². The zero-order valence-electron chi connectivity index (χ0n) is 11.1. The molecule has 1 aliphatic rings. The van der Waals surface area contributed by atoms with Crippen molar-refractivity contribution < 1.29 is 0 Å². The second-order valence-corrected chi connectivity index (χ2v) is 6.31. The summed E-state index contributed by atoms with van der Waals surface area (Å²) >= 11 is 1.77. The van der Waals surface area contributed by atoms with Gasteiger partial charge >= 0.3 is 0 Å². The van der Waals surface area contributed by atoms with Crippen molar-refractivity contribution in [3.05, 3.63) is 16.8 Å². The number of fused-ring (bicyclic) bond motifs is 1. The lowest BCUT2D eigenvalue weighted by atomic mass is 10.2. The Morgan fingerprint density at radius 3 is 2.50 bits per heavy atom. The summed E-state index contributed by atoms with van der Waals surface area (Å²) < 4.78 is 0. The molecule has 0 atom stereocenters. The molecule has 0 aliphatic carbocycles. The average molecular weight is 261 g/mol. The topological polar surface area (TPSA) is 29.0 Å². The van der Waals surface area contributed by atoms with E-state index < -0.39 is 0 Å². The molecular weight excluding hydrogens is 242 g/mol. The van der Waals surface area contributed by atoms with Crippen molar-refractivity contribution in [2.45, 2.75) is 39.5 Å². The molecule has 2 aromatic heterocycles. The van der Waals surface area contributed by atoms with Crippen molar-refractivity contribution in [2.24, 2.45) is 0 Å². The van der Waals surface area contributed by atoms with Crippen LogP contribution in [0.2, 0.25) is 0 Å². The van der Waals surface area contributed by atoms with Crippen LogP contribution in [0.4, 0.5) is 5.82 Å². The minimum atomic E-state index is 0.892. The Morgan fingerprint density at radius 2 is 1.78 bits per heavy atom. The van der Waals surface area contributed by atoms with Crippen LogP contribution in [0.1, 0.15) is 36.4 Å². The molecule has 0 saturated carbocycles. The molecule has 0 unspecified atom stereocenters. The minimum Gasteiger partial charge on any atom is -0.356 e. The number of aromatic nitrogens is 2. The smallest absolute Gasteiger partial charge is 0.141 e. The lowest BCUT2D eigenvalue weighted by Crippen LogP contribution is -2.25. The van der Waals surface area contributed by atoms with Crippen LogP contribution < -0.4 is 4.90 Å². The molecule has 3 rings (SSSR count). The quantitative estimate of drug-likeness (QED) is 0.784. The molecule has 18 heavy (non-hydrogen) atoms. The van der Waals surface area contributed by atoms with Gasteiger partial charge in [0.1, 0.15) is 16.5 Å². The van der Waals surface area contributed by atoms with Gasteiger partial charge in [-0.3, -0.25) is 0 Å². The number of hydrogen-bond donors (Lipinski definition) is 0. The zero-order valence-corrected chi connectivity index (χ0v) is 11.9. The first kappa shape index (κ1) is 11.9. The van der Waals surface area contributed by atoms with Crippen molar-refractivity contribution in [1.82, 2.24) is 9.97 Å². The third-order valence-electron chi connectivity index (χ3n) is 3.51. The number of hydrogen-bond acceptors (Lipinski definition) is 4. The summed E-state index contributed by atoms with van der Waals surface area (Å²) in [4.78, 5) is 14.2. The fourth-order valence-corrected chi connectivity index (χ4v) is 3.57. The Hall–Kier alpha value is -1.16. The molecule has 2 aromatic rings. The number of nitrogens with zero attached hydrogens (tertiary/aromatic N) is 3. The van der Waals surface area contributed by atoms with E-state index in [2.05, 4.69) is 22.9 Å². The molecule has 96 valence electrons. The largest absolute Gasteiger partial charge is 0.356 e. The van der Waals surface area contributed by atoms with E-state index in [0.717, 1.165) is 29.6 Å². The molecule has 1 fully saturated rings. The highest BCUT2D eigenvalue weighted by Crippen LogP contribution is 2.31. The van der Waals surface area contributed by atoms with E-state index >= 15 is 0 Å². The second kappa shape index (κ2) is 4.84. The Balaban J connectivity index is 2.08. The van der Waals surface area contributed by atoms with Crippen molar-refractivity contribution in [2.75, 3.05) is 18.0 Å². The minimum absolute atomic E-state index is 0.892. The van der Waals surface area contributed by atoms with Gasteiger partial charge in [-0.1, -0.05) is 12.8 Å². The third kappa shape index (κ3) is 2.21. The SMILES string of the molecule is Cc1nc(N2CCCCCC2)c2cc(C)sc2n1. The first-order valence-corrected chi connectivity index (χ1v) is 7.55. The van der Waals surface area contributed by atoms with Gasteiger partial charge in [0.05, 0.1) is 5.39 Å². The Labute approximate surface area is 112 Å². The number of thiophene rings is 1. The lowest BCUT2D eigenvalue weighted by molar-refractivity contribution is 0.726. The fraction of sp³-hybridized carbons (Fsp3) is 0.571. The maximum Gasteiger partial charge on any atom is 0.141 e. The predicted octanol–water partition coefficient (Wildman–Crippen LogP) is 3.69. The van der Waals surface area contributed by atoms with Gasteiger partial charge < -0.3 is 4.90 Å². The molecule has 3 nitrogen and oxygen atoms in total. The molecule has 0 bridgehead atoms. The van der Waals surface area contributed by atoms with Crippen LogP contribution in [0.5, 0.6) is 0 Å². The summed E-state index contributed by atoms with van der Waals surface area (Å²) in [6.45, 7) is 6.42. The number of aryl methyl sites for hydroxylation is 2. The molecule has 4 heteroatoms. The Kier molecular flexibility index (Phi) is 3.20. The molecule has 0 radical (unpaired) electrons. The first-order chi connectivity index (χ1) is 8.74. The number of rotatable bonds is 1. The molecule has 0 aromatic carbocycles. The second-order valence-electron chi connectivity index (χ2n) is 5.07. The molecule has 1 aliphatic heterocycles. The number of anilines is 1. The van der Waals surface area contributed by atoms with E-state index in [9.17, 15) is 0 Å². The van der Waals surface area contributed by atoms with Gasteiger partial charge in [0, 0.05) is 18.0 Å². The van der Waals surface area contributed by atoms with Gasteiger partial charge in [0.15, 0.2) is 0 Å². The summed E-state index contributed by atoms with van der Waals surface area (Å²) in [5, 5.41) is 1.24. The molecular formula is C14H19N3S. The standard InChI is InChI=1S/C14H19N3S/c1-10-9-12-13(15-11(2)16-14(12)18-10)17-7-5-3-4-6-8-17/h9H,3-8H2,1-2H3. The van der Waals surface area contributed by atoms with Crippen molar-refractivity contribution >= 4 is 27.4 Å². The summed E-state index contributed by atoms with van der Waals surface area (Å²) in [5.74, 6) is 2.05. The predicted molar refractivity (Wildman–Crippen MR) is 77.6 cm³/mol. The summed E-state index contributed by atoms with van der Waals surface area (Å²) in [5.41, 5.74) is 0. The Morgan fingerprint density at radius 1 is 1.06 bits per heavy atom.